The van der Waals surface area contributed by atoms with Gasteiger partial charge in [-0.15, -0.1) is 24.0 Å². The summed E-state index contributed by atoms with van der Waals surface area (Å²) in [5.74, 6) is 0.824. The van der Waals surface area contributed by atoms with Gasteiger partial charge >= 0.3 is 0 Å². The molecule has 0 fully saturated rings. The van der Waals surface area contributed by atoms with Crippen molar-refractivity contribution >= 4 is 29.9 Å². The summed E-state index contributed by atoms with van der Waals surface area (Å²) in [6.07, 6.45) is 5.10. The van der Waals surface area contributed by atoms with E-state index in [1.54, 1.807) is 14.2 Å². The van der Waals surface area contributed by atoms with E-state index in [4.69, 9.17) is 4.74 Å². The molecule has 0 saturated carbocycles. The Labute approximate surface area is 126 Å². The van der Waals surface area contributed by atoms with Crippen LogP contribution in [0.4, 0.5) is 0 Å². The Balaban J connectivity index is 0.00000289. The number of hydrogen-bond donors (Lipinski definition) is 2. The Morgan fingerprint density at radius 1 is 1.44 bits per heavy atom. The lowest BCUT2D eigenvalue weighted by atomic mass is 10.3. The molecule has 0 unspecified atom stereocenters. The van der Waals surface area contributed by atoms with E-state index < -0.39 is 0 Å². The summed E-state index contributed by atoms with van der Waals surface area (Å²) in [4.78, 5) is 4.15. The number of aromatic nitrogens is 1. The molecule has 0 spiro atoms. The highest BCUT2D eigenvalue weighted by molar-refractivity contribution is 14.0. The van der Waals surface area contributed by atoms with Crippen LogP contribution in [0.2, 0.25) is 0 Å². The van der Waals surface area contributed by atoms with Crippen molar-refractivity contribution < 1.29 is 4.74 Å². The SMILES string of the molecule is CN=C(NCCCOC)NCc1ccn(C)c1.I. The number of guanidine groups is 1. The number of rotatable bonds is 6. The van der Waals surface area contributed by atoms with E-state index >= 15 is 0 Å². The topological polar surface area (TPSA) is 50.6 Å². The summed E-state index contributed by atoms with van der Waals surface area (Å²) in [5.41, 5.74) is 1.24. The van der Waals surface area contributed by atoms with E-state index in [9.17, 15) is 0 Å². The van der Waals surface area contributed by atoms with Crippen molar-refractivity contribution in [2.45, 2.75) is 13.0 Å². The summed E-state index contributed by atoms with van der Waals surface area (Å²) < 4.78 is 7.02. The zero-order chi connectivity index (χ0) is 12.5. The van der Waals surface area contributed by atoms with Gasteiger partial charge in [0.1, 0.15) is 0 Å². The zero-order valence-electron chi connectivity index (χ0n) is 11.3. The molecule has 6 heteroatoms. The van der Waals surface area contributed by atoms with Gasteiger partial charge < -0.3 is 19.9 Å². The van der Waals surface area contributed by atoms with E-state index in [2.05, 4.69) is 27.9 Å². The van der Waals surface area contributed by atoms with Crippen molar-refractivity contribution in [3.63, 3.8) is 0 Å². The van der Waals surface area contributed by atoms with E-state index in [1.165, 1.54) is 5.56 Å². The molecule has 0 radical (unpaired) electrons. The fraction of sp³-hybridized carbons (Fsp3) is 0.583. The highest BCUT2D eigenvalue weighted by Crippen LogP contribution is 1.97. The predicted octanol–water partition coefficient (Wildman–Crippen LogP) is 1.34. The number of methoxy groups -OCH3 is 1. The Morgan fingerprint density at radius 3 is 2.78 bits per heavy atom. The molecular weight excluding hydrogens is 343 g/mol. The quantitative estimate of drug-likeness (QED) is 0.346. The molecule has 0 aromatic carbocycles. The first-order chi connectivity index (χ1) is 8.26. The molecule has 18 heavy (non-hydrogen) atoms. The highest BCUT2D eigenvalue weighted by Gasteiger charge is 1.98. The molecular formula is C12H23IN4O. The largest absolute Gasteiger partial charge is 0.385 e. The minimum atomic E-state index is 0. The fourth-order valence-electron chi connectivity index (χ4n) is 1.50. The first-order valence-corrected chi connectivity index (χ1v) is 5.80. The molecule has 0 saturated heterocycles. The molecule has 0 aliphatic carbocycles. The van der Waals surface area contributed by atoms with Crippen LogP contribution >= 0.6 is 24.0 Å². The average Bonchev–Trinajstić information content (AvgIpc) is 2.74. The lowest BCUT2D eigenvalue weighted by Gasteiger charge is -2.10. The summed E-state index contributed by atoms with van der Waals surface area (Å²) in [5, 5.41) is 6.49. The van der Waals surface area contributed by atoms with Crippen molar-refractivity contribution in [3.8, 4) is 0 Å². The van der Waals surface area contributed by atoms with Crippen LogP contribution in [-0.2, 0) is 18.3 Å². The number of nitrogens with zero attached hydrogens (tertiary/aromatic N) is 2. The number of nitrogens with one attached hydrogen (secondary N) is 2. The van der Waals surface area contributed by atoms with E-state index in [0.29, 0.717) is 0 Å². The second-order valence-corrected chi connectivity index (χ2v) is 3.88. The summed E-state index contributed by atoms with van der Waals surface area (Å²) in [7, 11) is 5.50. The first kappa shape index (κ1) is 17.2. The summed E-state index contributed by atoms with van der Waals surface area (Å²) >= 11 is 0. The van der Waals surface area contributed by atoms with Crippen molar-refractivity contribution in [2.75, 3.05) is 27.3 Å². The van der Waals surface area contributed by atoms with Gasteiger partial charge in [0, 0.05) is 53.3 Å². The first-order valence-electron chi connectivity index (χ1n) is 5.80. The summed E-state index contributed by atoms with van der Waals surface area (Å²) in [6.45, 7) is 2.41. The van der Waals surface area contributed by atoms with Gasteiger partial charge in [0.25, 0.3) is 0 Å². The third-order valence-corrected chi connectivity index (χ3v) is 2.39. The maximum Gasteiger partial charge on any atom is 0.191 e. The molecule has 0 aliphatic heterocycles. The minimum Gasteiger partial charge on any atom is -0.385 e. The molecule has 1 aromatic heterocycles. The highest BCUT2D eigenvalue weighted by atomic mass is 127. The lowest BCUT2D eigenvalue weighted by molar-refractivity contribution is 0.195. The van der Waals surface area contributed by atoms with Crippen molar-refractivity contribution in [1.82, 2.24) is 15.2 Å². The van der Waals surface area contributed by atoms with Crippen molar-refractivity contribution in [1.29, 1.82) is 0 Å². The van der Waals surface area contributed by atoms with Crippen LogP contribution in [-0.4, -0.2) is 37.8 Å². The lowest BCUT2D eigenvalue weighted by Crippen LogP contribution is -2.37. The Morgan fingerprint density at radius 2 is 2.22 bits per heavy atom. The normalized spacial score (nSPS) is 10.9. The molecule has 0 atom stereocenters. The average molecular weight is 366 g/mol. The van der Waals surface area contributed by atoms with Crippen LogP contribution in [0.15, 0.2) is 23.5 Å². The van der Waals surface area contributed by atoms with E-state index in [1.807, 2.05) is 17.8 Å². The van der Waals surface area contributed by atoms with Gasteiger partial charge in [-0.2, -0.15) is 0 Å². The molecule has 1 rings (SSSR count). The van der Waals surface area contributed by atoms with Gasteiger partial charge in [0.2, 0.25) is 0 Å². The second-order valence-electron chi connectivity index (χ2n) is 3.88. The predicted molar refractivity (Wildman–Crippen MR) is 85.5 cm³/mol. The molecule has 1 heterocycles. The Bertz CT molecular complexity index is 352. The maximum absolute atomic E-state index is 4.99. The molecule has 0 amide bonds. The van der Waals surface area contributed by atoms with E-state index in [-0.39, 0.29) is 24.0 Å². The monoisotopic (exact) mass is 366 g/mol. The number of hydrogen-bond acceptors (Lipinski definition) is 2. The Hall–Kier alpha value is -0.760. The van der Waals surface area contributed by atoms with Gasteiger partial charge in [-0.25, -0.2) is 0 Å². The van der Waals surface area contributed by atoms with Gasteiger partial charge in [0.15, 0.2) is 5.96 Å². The number of halogens is 1. The minimum absolute atomic E-state index is 0. The molecule has 1 aromatic rings. The molecule has 0 bridgehead atoms. The van der Waals surface area contributed by atoms with Crippen molar-refractivity contribution in [3.05, 3.63) is 24.0 Å². The third-order valence-electron chi connectivity index (χ3n) is 2.39. The van der Waals surface area contributed by atoms with Gasteiger partial charge in [-0.3, -0.25) is 4.99 Å². The third kappa shape index (κ3) is 6.85. The molecule has 104 valence electrons. The maximum atomic E-state index is 4.99. The number of aryl methyl sites for hydroxylation is 1. The van der Waals surface area contributed by atoms with Gasteiger partial charge in [-0.1, -0.05) is 0 Å². The van der Waals surface area contributed by atoms with Crippen LogP contribution in [0.5, 0.6) is 0 Å². The van der Waals surface area contributed by atoms with Crippen LogP contribution < -0.4 is 10.6 Å². The Kier molecular flexibility index (Phi) is 9.76. The fourth-order valence-corrected chi connectivity index (χ4v) is 1.50. The standard InChI is InChI=1S/C12H22N4O.HI/c1-13-12(14-6-4-8-17-3)15-9-11-5-7-16(2)10-11;/h5,7,10H,4,6,8-9H2,1-3H3,(H2,13,14,15);1H. The summed E-state index contributed by atoms with van der Waals surface area (Å²) in [6, 6.07) is 2.09. The zero-order valence-corrected chi connectivity index (χ0v) is 13.6. The molecule has 5 nitrogen and oxygen atoms in total. The van der Waals surface area contributed by atoms with Gasteiger partial charge in [-0.05, 0) is 18.1 Å². The van der Waals surface area contributed by atoms with Crippen LogP contribution in [0.3, 0.4) is 0 Å². The van der Waals surface area contributed by atoms with Crippen LogP contribution in [0.25, 0.3) is 0 Å². The van der Waals surface area contributed by atoms with Crippen LogP contribution in [0.1, 0.15) is 12.0 Å². The molecule has 0 aliphatic rings. The van der Waals surface area contributed by atoms with E-state index in [0.717, 1.165) is 32.1 Å². The van der Waals surface area contributed by atoms with Crippen molar-refractivity contribution in [2.24, 2.45) is 12.0 Å². The van der Waals surface area contributed by atoms with Crippen LogP contribution in [0, 0.1) is 0 Å². The number of ether oxygens (including phenoxy) is 1. The smallest absolute Gasteiger partial charge is 0.191 e. The van der Waals surface area contributed by atoms with Gasteiger partial charge in [0.05, 0.1) is 0 Å². The second kappa shape index (κ2) is 10.2. The number of aliphatic imine (C=N–C) groups is 1. The molecule has 2 N–H and O–H groups in total.